The number of nitrogens with one attached hydrogen (secondary N) is 2. The highest BCUT2D eigenvalue weighted by atomic mass is 32.1. The third-order valence-corrected chi connectivity index (χ3v) is 3.26. The molecule has 0 bridgehead atoms. The Labute approximate surface area is 134 Å². The minimum atomic E-state index is -0.508. The molecule has 0 saturated heterocycles. The second-order valence-electron chi connectivity index (χ2n) is 4.62. The van der Waals surface area contributed by atoms with Gasteiger partial charge in [-0.2, -0.15) is 0 Å². The molecule has 0 fully saturated rings. The summed E-state index contributed by atoms with van der Waals surface area (Å²) in [5, 5.41) is 20.6. The maximum Gasteiger partial charge on any atom is 0.218 e. The van der Waals surface area contributed by atoms with Crippen LogP contribution in [0.15, 0.2) is 52.7 Å². The minimum absolute atomic E-state index is 0.0155. The van der Waals surface area contributed by atoms with Gasteiger partial charge in [0.2, 0.25) is 11.0 Å². The van der Waals surface area contributed by atoms with Crippen molar-refractivity contribution in [2.24, 2.45) is 10.2 Å². The zero-order valence-electron chi connectivity index (χ0n) is 11.5. The number of para-hydroxylation sites is 1. The first-order valence-corrected chi connectivity index (χ1v) is 6.93. The van der Waals surface area contributed by atoms with Crippen molar-refractivity contribution in [3.8, 4) is 5.88 Å². The molecule has 116 valence electrons. The third-order valence-electron chi connectivity index (χ3n) is 3.07. The van der Waals surface area contributed by atoms with E-state index in [2.05, 4.69) is 20.5 Å². The highest BCUT2D eigenvalue weighted by Gasteiger charge is 2.13. The number of fused-ring (bicyclic) bond motifs is 1. The first kappa shape index (κ1) is 15.0. The van der Waals surface area contributed by atoms with Crippen LogP contribution in [0.2, 0.25) is 0 Å². The monoisotopic (exact) mass is 332 g/mol. The van der Waals surface area contributed by atoms with Gasteiger partial charge in [0.05, 0.1) is 5.52 Å². The smallest absolute Gasteiger partial charge is 0.218 e. The second-order valence-corrected chi connectivity index (χ2v) is 5.01. The largest absolute Gasteiger partial charge is 0.493 e. The fraction of sp³-hybridized carbons (Fsp3) is 0. The standard InChI is InChI=1S/C15H10F2N4OS/c16-8-4-6-9(7-5-8)18-15(23)21-20-13-10-2-1-3-11(17)12(10)19-14(13)22/h1-7,19,22H,(H,18,23). The first-order valence-electron chi connectivity index (χ1n) is 6.52. The number of thiocarbonyl (C=S) groups is 1. The van der Waals surface area contributed by atoms with Crippen molar-refractivity contribution in [3.63, 3.8) is 0 Å². The maximum atomic E-state index is 13.6. The molecule has 0 aliphatic rings. The van der Waals surface area contributed by atoms with Gasteiger partial charge < -0.3 is 15.4 Å². The number of aromatic nitrogens is 1. The van der Waals surface area contributed by atoms with Crippen molar-refractivity contribution in [3.05, 3.63) is 54.1 Å². The number of hydrogen-bond acceptors (Lipinski definition) is 3. The van der Waals surface area contributed by atoms with Gasteiger partial charge in [0.25, 0.3) is 0 Å². The van der Waals surface area contributed by atoms with Crippen LogP contribution in [-0.4, -0.2) is 15.2 Å². The average molecular weight is 332 g/mol. The molecule has 3 aromatic rings. The van der Waals surface area contributed by atoms with E-state index in [-0.39, 0.29) is 28.0 Å². The second kappa shape index (κ2) is 6.09. The molecule has 3 N–H and O–H groups in total. The van der Waals surface area contributed by atoms with Crippen molar-refractivity contribution in [1.82, 2.24) is 4.98 Å². The van der Waals surface area contributed by atoms with Gasteiger partial charge in [0, 0.05) is 11.1 Å². The number of hydrogen-bond donors (Lipinski definition) is 3. The molecule has 1 heterocycles. The van der Waals surface area contributed by atoms with Crippen LogP contribution < -0.4 is 5.32 Å². The van der Waals surface area contributed by atoms with Gasteiger partial charge >= 0.3 is 0 Å². The van der Waals surface area contributed by atoms with Crippen LogP contribution in [0.4, 0.5) is 20.2 Å². The molecule has 8 heteroatoms. The zero-order valence-corrected chi connectivity index (χ0v) is 12.4. The summed E-state index contributed by atoms with van der Waals surface area (Å²) >= 11 is 5.00. The van der Waals surface area contributed by atoms with E-state index < -0.39 is 5.82 Å². The van der Waals surface area contributed by atoms with E-state index >= 15 is 0 Å². The Morgan fingerprint density at radius 2 is 1.87 bits per heavy atom. The van der Waals surface area contributed by atoms with E-state index in [1.54, 1.807) is 6.07 Å². The Hall–Kier alpha value is -2.87. The number of H-pyrrole nitrogens is 1. The van der Waals surface area contributed by atoms with Crippen LogP contribution in [0.25, 0.3) is 10.9 Å². The van der Waals surface area contributed by atoms with Crippen LogP contribution in [0.5, 0.6) is 5.88 Å². The van der Waals surface area contributed by atoms with Gasteiger partial charge in [0.1, 0.15) is 11.6 Å². The summed E-state index contributed by atoms with van der Waals surface area (Å²) < 4.78 is 26.4. The predicted molar refractivity (Wildman–Crippen MR) is 87.1 cm³/mol. The molecule has 3 rings (SSSR count). The van der Waals surface area contributed by atoms with Crippen molar-refractivity contribution < 1.29 is 13.9 Å². The van der Waals surface area contributed by atoms with Gasteiger partial charge in [-0.1, -0.05) is 12.1 Å². The SMILES string of the molecule is Oc1[nH]c2c(F)cccc2c1N=NC(=S)Nc1ccc(F)cc1. The number of rotatable bonds is 2. The van der Waals surface area contributed by atoms with Gasteiger partial charge in [0.15, 0.2) is 5.69 Å². The van der Waals surface area contributed by atoms with Crippen LogP contribution in [-0.2, 0) is 0 Å². The van der Waals surface area contributed by atoms with Crippen LogP contribution in [0.1, 0.15) is 0 Å². The lowest BCUT2D eigenvalue weighted by molar-refractivity contribution is 0.459. The van der Waals surface area contributed by atoms with E-state index in [1.165, 1.54) is 36.4 Å². The molecule has 0 radical (unpaired) electrons. The minimum Gasteiger partial charge on any atom is -0.493 e. The fourth-order valence-corrected chi connectivity index (χ4v) is 2.19. The molecule has 23 heavy (non-hydrogen) atoms. The van der Waals surface area contributed by atoms with Crippen molar-refractivity contribution in [1.29, 1.82) is 0 Å². The Morgan fingerprint density at radius 3 is 2.61 bits per heavy atom. The molecule has 0 amide bonds. The predicted octanol–water partition coefficient (Wildman–Crippen LogP) is 4.63. The van der Waals surface area contributed by atoms with E-state index in [1.807, 2.05) is 0 Å². The summed E-state index contributed by atoms with van der Waals surface area (Å²) in [5.41, 5.74) is 0.767. The summed E-state index contributed by atoms with van der Waals surface area (Å²) in [5.74, 6) is -1.18. The van der Waals surface area contributed by atoms with Crippen molar-refractivity contribution in [2.75, 3.05) is 5.32 Å². The molecule has 5 nitrogen and oxygen atoms in total. The molecular weight excluding hydrogens is 322 g/mol. The molecule has 0 saturated carbocycles. The highest BCUT2D eigenvalue weighted by molar-refractivity contribution is 7.80. The Balaban J connectivity index is 1.82. The van der Waals surface area contributed by atoms with E-state index in [9.17, 15) is 13.9 Å². The van der Waals surface area contributed by atoms with E-state index in [0.29, 0.717) is 11.1 Å². The van der Waals surface area contributed by atoms with Gasteiger partial charge in [-0.05, 0) is 42.5 Å². The molecule has 0 unspecified atom stereocenters. The Kier molecular flexibility index (Phi) is 3.98. The maximum absolute atomic E-state index is 13.6. The highest BCUT2D eigenvalue weighted by Crippen LogP contribution is 2.36. The number of azo groups is 1. The zero-order chi connectivity index (χ0) is 16.4. The van der Waals surface area contributed by atoms with Crippen LogP contribution in [0, 0.1) is 11.6 Å². The quantitative estimate of drug-likeness (QED) is 0.473. The summed E-state index contributed by atoms with van der Waals surface area (Å²) in [6.07, 6.45) is 0. The molecule has 0 spiro atoms. The third kappa shape index (κ3) is 3.16. The first-order chi connectivity index (χ1) is 11.0. The topological polar surface area (TPSA) is 72.8 Å². The normalized spacial score (nSPS) is 11.2. The Bertz CT molecular complexity index is 906. The number of halogens is 2. The number of anilines is 1. The van der Waals surface area contributed by atoms with Gasteiger partial charge in [-0.25, -0.2) is 8.78 Å². The Morgan fingerprint density at radius 1 is 1.13 bits per heavy atom. The van der Waals surface area contributed by atoms with E-state index in [0.717, 1.165) is 0 Å². The lowest BCUT2D eigenvalue weighted by atomic mass is 10.2. The molecule has 0 aliphatic heterocycles. The number of nitrogens with zero attached hydrogens (tertiary/aromatic N) is 2. The summed E-state index contributed by atoms with van der Waals surface area (Å²) in [6.45, 7) is 0. The lowest BCUT2D eigenvalue weighted by Crippen LogP contribution is -2.04. The van der Waals surface area contributed by atoms with Crippen molar-refractivity contribution in [2.45, 2.75) is 0 Å². The van der Waals surface area contributed by atoms with Crippen molar-refractivity contribution >= 4 is 39.6 Å². The summed E-state index contributed by atoms with van der Waals surface area (Å²) in [7, 11) is 0. The number of benzene rings is 2. The van der Waals surface area contributed by atoms with E-state index in [4.69, 9.17) is 12.2 Å². The number of aromatic amines is 1. The van der Waals surface area contributed by atoms with Crippen LogP contribution in [0.3, 0.4) is 0 Å². The average Bonchev–Trinajstić information content (AvgIpc) is 2.85. The fourth-order valence-electron chi connectivity index (χ4n) is 2.03. The van der Waals surface area contributed by atoms with Gasteiger partial charge in [-0.3, -0.25) is 0 Å². The molecule has 1 aromatic heterocycles. The van der Waals surface area contributed by atoms with Gasteiger partial charge in [-0.15, -0.1) is 10.2 Å². The van der Waals surface area contributed by atoms with Crippen LogP contribution >= 0.6 is 12.2 Å². The lowest BCUT2D eigenvalue weighted by Gasteiger charge is -2.02. The summed E-state index contributed by atoms with van der Waals surface area (Å²) in [4.78, 5) is 2.50. The molecule has 0 atom stereocenters. The molecule has 2 aromatic carbocycles. The molecule has 0 aliphatic carbocycles. The molecular formula is C15H10F2N4OS. The summed E-state index contributed by atoms with van der Waals surface area (Å²) in [6, 6.07) is 9.90. The number of aromatic hydroxyl groups is 1.